The Kier molecular flexibility index (Phi) is 7.31. The fourth-order valence-electron chi connectivity index (χ4n) is 3.37. The molecule has 0 radical (unpaired) electrons. The van der Waals surface area contributed by atoms with E-state index in [2.05, 4.69) is 29.5 Å². The third kappa shape index (κ3) is 5.96. The van der Waals surface area contributed by atoms with Gasteiger partial charge in [0.1, 0.15) is 17.0 Å². The van der Waals surface area contributed by atoms with Gasteiger partial charge in [0.15, 0.2) is 10.7 Å². The first-order valence-corrected chi connectivity index (χ1v) is 11.6. The lowest BCUT2D eigenvalue weighted by molar-refractivity contribution is 0.0977. The number of hydrogen-bond acceptors (Lipinski definition) is 6. The molecule has 1 aromatic heterocycles. The van der Waals surface area contributed by atoms with Gasteiger partial charge in [-0.1, -0.05) is 26.0 Å². The number of benzene rings is 3. The van der Waals surface area contributed by atoms with Crippen LogP contribution < -0.4 is 20.1 Å². The van der Waals surface area contributed by atoms with E-state index in [-0.39, 0.29) is 11.0 Å². The SMILES string of the molecule is COc1ccc2oc(-c3ccc(C)c(NC(=S)NC(=O)c4cccc(OCC(C)C)c4)c3)nc2c1. The molecule has 2 N–H and O–H groups in total. The molecule has 3 aromatic carbocycles. The highest BCUT2D eigenvalue weighted by atomic mass is 32.1. The molecule has 1 amide bonds. The molecule has 0 aliphatic heterocycles. The van der Waals surface area contributed by atoms with Crippen molar-refractivity contribution in [3.8, 4) is 23.0 Å². The van der Waals surface area contributed by atoms with Crippen LogP contribution in [0.2, 0.25) is 0 Å². The summed E-state index contributed by atoms with van der Waals surface area (Å²) in [7, 11) is 1.61. The quantitative estimate of drug-likeness (QED) is 0.309. The summed E-state index contributed by atoms with van der Waals surface area (Å²) in [4.78, 5) is 17.3. The molecule has 0 saturated heterocycles. The molecule has 7 nitrogen and oxygen atoms in total. The van der Waals surface area contributed by atoms with Crippen molar-refractivity contribution in [3.63, 3.8) is 0 Å². The number of anilines is 1. The fourth-order valence-corrected chi connectivity index (χ4v) is 3.57. The van der Waals surface area contributed by atoms with E-state index in [1.165, 1.54) is 0 Å². The summed E-state index contributed by atoms with van der Waals surface area (Å²) in [5, 5.41) is 6.02. The lowest BCUT2D eigenvalue weighted by Gasteiger charge is -2.13. The zero-order chi connectivity index (χ0) is 24.9. The third-order valence-corrected chi connectivity index (χ3v) is 5.44. The Balaban J connectivity index is 1.47. The summed E-state index contributed by atoms with van der Waals surface area (Å²) in [6.45, 7) is 6.66. The normalized spacial score (nSPS) is 10.9. The first-order valence-electron chi connectivity index (χ1n) is 11.2. The number of hydrogen-bond donors (Lipinski definition) is 2. The highest BCUT2D eigenvalue weighted by Crippen LogP contribution is 2.29. The Morgan fingerprint density at radius 2 is 1.91 bits per heavy atom. The minimum absolute atomic E-state index is 0.186. The second-order valence-electron chi connectivity index (χ2n) is 8.52. The van der Waals surface area contributed by atoms with Gasteiger partial charge in [-0.05, 0) is 73.1 Å². The van der Waals surface area contributed by atoms with Crippen LogP contribution in [0.4, 0.5) is 5.69 Å². The van der Waals surface area contributed by atoms with Crippen molar-refractivity contribution in [2.45, 2.75) is 20.8 Å². The fraction of sp³-hybridized carbons (Fsp3) is 0.222. The van der Waals surface area contributed by atoms with E-state index in [1.54, 1.807) is 25.3 Å². The van der Waals surface area contributed by atoms with Crippen LogP contribution >= 0.6 is 12.2 Å². The molecule has 0 aliphatic rings. The third-order valence-electron chi connectivity index (χ3n) is 5.23. The van der Waals surface area contributed by atoms with E-state index in [4.69, 9.17) is 26.1 Å². The molecule has 4 aromatic rings. The average Bonchev–Trinajstić information content (AvgIpc) is 3.27. The summed E-state index contributed by atoms with van der Waals surface area (Å²) in [6, 6.07) is 18.2. The number of fused-ring (bicyclic) bond motifs is 1. The molecule has 0 spiro atoms. The lowest BCUT2D eigenvalue weighted by Crippen LogP contribution is -2.34. The van der Waals surface area contributed by atoms with Gasteiger partial charge in [0.2, 0.25) is 5.89 Å². The zero-order valence-electron chi connectivity index (χ0n) is 20.0. The summed E-state index contributed by atoms with van der Waals surface area (Å²) in [5.41, 5.74) is 4.30. The molecule has 1 heterocycles. The zero-order valence-corrected chi connectivity index (χ0v) is 20.9. The van der Waals surface area contributed by atoms with E-state index in [1.807, 2.05) is 49.4 Å². The number of thiocarbonyl (C=S) groups is 1. The van der Waals surface area contributed by atoms with Crippen LogP contribution in [0, 0.1) is 12.8 Å². The van der Waals surface area contributed by atoms with E-state index in [9.17, 15) is 4.79 Å². The molecular weight excluding hydrogens is 462 g/mol. The standard InChI is InChI=1S/C27H27N3O4S/c1-16(2)15-33-21-7-5-6-18(12-21)25(31)30-27(35)29-22-13-19(9-8-17(22)3)26-28-23-14-20(32-4)10-11-24(23)34-26/h5-14,16H,15H2,1-4H3,(H2,29,30,31,35). The van der Waals surface area contributed by atoms with Crippen LogP contribution in [-0.4, -0.2) is 29.7 Å². The number of oxazole rings is 1. The number of methoxy groups -OCH3 is 1. The van der Waals surface area contributed by atoms with E-state index >= 15 is 0 Å². The number of carbonyl (C=O) groups is 1. The van der Waals surface area contributed by atoms with Crippen LogP contribution in [0.15, 0.2) is 65.1 Å². The molecule has 0 bridgehead atoms. The molecule has 0 saturated carbocycles. The Morgan fingerprint density at radius 1 is 1.09 bits per heavy atom. The van der Waals surface area contributed by atoms with Crippen LogP contribution in [0.5, 0.6) is 11.5 Å². The second kappa shape index (κ2) is 10.6. The van der Waals surface area contributed by atoms with E-state index in [0.717, 1.165) is 16.8 Å². The van der Waals surface area contributed by atoms with Gasteiger partial charge in [0, 0.05) is 22.9 Å². The largest absolute Gasteiger partial charge is 0.497 e. The monoisotopic (exact) mass is 489 g/mol. The maximum Gasteiger partial charge on any atom is 0.257 e. The molecule has 0 atom stereocenters. The Labute approximate surface area is 209 Å². The average molecular weight is 490 g/mol. The number of nitrogens with one attached hydrogen (secondary N) is 2. The Hall–Kier alpha value is -3.91. The maximum absolute atomic E-state index is 12.7. The van der Waals surface area contributed by atoms with Crippen molar-refractivity contribution in [2.75, 3.05) is 19.0 Å². The minimum atomic E-state index is -0.320. The highest BCUT2D eigenvalue weighted by Gasteiger charge is 2.13. The number of ether oxygens (including phenoxy) is 2. The summed E-state index contributed by atoms with van der Waals surface area (Å²) >= 11 is 5.40. The van der Waals surface area contributed by atoms with Crippen LogP contribution in [0.3, 0.4) is 0 Å². The van der Waals surface area contributed by atoms with Gasteiger partial charge in [-0.3, -0.25) is 10.1 Å². The number of aryl methyl sites for hydroxylation is 1. The molecule has 0 aliphatic carbocycles. The maximum atomic E-state index is 12.7. The second-order valence-corrected chi connectivity index (χ2v) is 8.93. The molecule has 35 heavy (non-hydrogen) atoms. The molecule has 8 heteroatoms. The van der Waals surface area contributed by atoms with Gasteiger partial charge >= 0.3 is 0 Å². The summed E-state index contributed by atoms with van der Waals surface area (Å²) < 4.78 is 16.9. The number of nitrogens with zero attached hydrogens (tertiary/aromatic N) is 1. The van der Waals surface area contributed by atoms with Gasteiger partial charge in [-0.2, -0.15) is 0 Å². The predicted octanol–water partition coefficient (Wildman–Crippen LogP) is 5.97. The molecular formula is C27H27N3O4S. The van der Waals surface area contributed by atoms with Gasteiger partial charge in [-0.15, -0.1) is 0 Å². The van der Waals surface area contributed by atoms with Gasteiger partial charge in [0.25, 0.3) is 5.91 Å². The van der Waals surface area contributed by atoms with Gasteiger partial charge < -0.3 is 19.2 Å². The highest BCUT2D eigenvalue weighted by molar-refractivity contribution is 7.80. The molecule has 4 rings (SSSR count). The molecule has 180 valence electrons. The number of carbonyl (C=O) groups excluding carboxylic acids is 1. The Bertz CT molecular complexity index is 1380. The lowest BCUT2D eigenvalue weighted by atomic mass is 10.1. The van der Waals surface area contributed by atoms with Crippen LogP contribution in [0.25, 0.3) is 22.6 Å². The van der Waals surface area contributed by atoms with Crippen molar-refractivity contribution >= 4 is 40.0 Å². The molecule has 0 unspecified atom stereocenters. The predicted molar refractivity (Wildman–Crippen MR) is 141 cm³/mol. The first-order chi connectivity index (χ1) is 16.8. The van der Waals surface area contributed by atoms with Crippen LogP contribution in [0.1, 0.15) is 29.8 Å². The Morgan fingerprint density at radius 3 is 2.69 bits per heavy atom. The van der Waals surface area contributed by atoms with Gasteiger partial charge in [0.05, 0.1) is 13.7 Å². The van der Waals surface area contributed by atoms with Crippen molar-refractivity contribution in [2.24, 2.45) is 5.92 Å². The van der Waals surface area contributed by atoms with Crippen molar-refractivity contribution in [1.82, 2.24) is 10.3 Å². The molecule has 0 fully saturated rings. The van der Waals surface area contributed by atoms with E-state index in [0.29, 0.717) is 46.6 Å². The van der Waals surface area contributed by atoms with Crippen molar-refractivity contribution in [1.29, 1.82) is 0 Å². The number of rotatable bonds is 7. The topological polar surface area (TPSA) is 85.6 Å². The summed E-state index contributed by atoms with van der Waals surface area (Å²) in [6.07, 6.45) is 0. The first kappa shape index (κ1) is 24.2. The minimum Gasteiger partial charge on any atom is -0.497 e. The smallest absolute Gasteiger partial charge is 0.257 e. The number of amides is 1. The number of aromatic nitrogens is 1. The van der Waals surface area contributed by atoms with Crippen molar-refractivity contribution < 1.29 is 18.7 Å². The van der Waals surface area contributed by atoms with E-state index < -0.39 is 0 Å². The van der Waals surface area contributed by atoms with Gasteiger partial charge in [-0.25, -0.2) is 4.98 Å². The summed E-state index contributed by atoms with van der Waals surface area (Å²) in [5.74, 6) is 1.90. The van der Waals surface area contributed by atoms with Crippen molar-refractivity contribution in [3.05, 3.63) is 71.8 Å². The van der Waals surface area contributed by atoms with Crippen LogP contribution in [-0.2, 0) is 0 Å².